The van der Waals surface area contributed by atoms with E-state index in [0.717, 1.165) is 8.78 Å². The number of nitrogens with zero attached hydrogens (tertiary/aromatic N) is 1. The smallest absolute Gasteiger partial charge is 0.327 e. The van der Waals surface area contributed by atoms with E-state index >= 15 is 0 Å². The van der Waals surface area contributed by atoms with Gasteiger partial charge in [-0.25, -0.2) is 13.2 Å². The number of anilines is 1. The van der Waals surface area contributed by atoms with Crippen molar-refractivity contribution in [1.29, 1.82) is 0 Å². The summed E-state index contributed by atoms with van der Waals surface area (Å²) in [5.74, 6) is -1.28. The Morgan fingerprint density at radius 1 is 1.12 bits per heavy atom. The Kier molecular flexibility index (Phi) is 5.80. The molecule has 2 aromatic carbocycles. The predicted octanol–water partition coefficient (Wildman–Crippen LogP) is 4.42. The molecule has 0 aromatic heterocycles. The Morgan fingerprint density at radius 3 is 2.21 bits per heavy atom. The average molecular weight is 453 g/mol. The van der Waals surface area contributed by atoms with Crippen molar-refractivity contribution in [1.82, 2.24) is 0 Å². The van der Waals surface area contributed by atoms with E-state index in [9.17, 15) is 18.3 Å². The van der Waals surface area contributed by atoms with Crippen molar-refractivity contribution in [2.24, 2.45) is 0 Å². The molecule has 2 aromatic rings. The zero-order valence-electron chi connectivity index (χ0n) is 12.3. The first-order valence-electron chi connectivity index (χ1n) is 6.62. The maximum atomic E-state index is 13.0. The van der Waals surface area contributed by atoms with E-state index in [1.54, 1.807) is 12.1 Å². The predicted molar refractivity (Wildman–Crippen MR) is 97.4 cm³/mol. The summed E-state index contributed by atoms with van der Waals surface area (Å²) in [7, 11) is -4.16. The topological polar surface area (TPSA) is 74.7 Å². The third kappa shape index (κ3) is 3.85. The van der Waals surface area contributed by atoms with Gasteiger partial charge in [-0.15, -0.1) is 0 Å². The highest BCUT2D eigenvalue weighted by molar-refractivity contribution is 9.10. The highest BCUT2D eigenvalue weighted by Gasteiger charge is 2.33. The first kappa shape index (κ1) is 19.1. The fourth-order valence-electron chi connectivity index (χ4n) is 2.01. The minimum Gasteiger partial charge on any atom is -0.480 e. The number of carboxylic acids is 1. The van der Waals surface area contributed by atoms with Gasteiger partial charge in [0.15, 0.2) is 0 Å². The summed E-state index contributed by atoms with van der Waals surface area (Å²) < 4.78 is 27.5. The number of aliphatic carboxylic acids is 1. The summed E-state index contributed by atoms with van der Waals surface area (Å²) in [4.78, 5) is 11.3. The van der Waals surface area contributed by atoms with Crippen molar-refractivity contribution in [3.8, 4) is 0 Å². The molecule has 9 heteroatoms. The van der Waals surface area contributed by atoms with Crippen LogP contribution in [0.15, 0.2) is 51.8 Å². The Morgan fingerprint density at radius 2 is 1.71 bits per heavy atom. The van der Waals surface area contributed by atoms with Crippen LogP contribution in [0.1, 0.15) is 6.92 Å². The molecule has 0 amide bonds. The van der Waals surface area contributed by atoms with E-state index in [-0.39, 0.29) is 20.6 Å². The normalized spacial score (nSPS) is 12.7. The van der Waals surface area contributed by atoms with Gasteiger partial charge in [-0.3, -0.25) is 4.31 Å². The van der Waals surface area contributed by atoms with E-state index in [1.807, 2.05) is 0 Å². The molecular formula is C15H12BrCl2NO4S. The minimum atomic E-state index is -4.16. The average Bonchev–Trinajstić information content (AvgIpc) is 2.51. The summed E-state index contributed by atoms with van der Waals surface area (Å²) in [6.45, 7) is 1.29. The van der Waals surface area contributed by atoms with Crippen LogP contribution in [0.4, 0.5) is 5.69 Å². The molecule has 1 N–H and O–H groups in total. The lowest BCUT2D eigenvalue weighted by molar-refractivity contribution is -0.137. The number of hydrogen-bond acceptors (Lipinski definition) is 3. The van der Waals surface area contributed by atoms with Crippen LogP contribution < -0.4 is 4.31 Å². The van der Waals surface area contributed by atoms with Gasteiger partial charge in [-0.2, -0.15) is 0 Å². The van der Waals surface area contributed by atoms with Gasteiger partial charge in [0.25, 0.3) is 10.0 Å². The Bertz CT molecular complexity index is 872. The molecule has 0 aliphatic carbocycles. The lowest BCUT2D eigenvalue weighted by Crippen LogP contribution is -2.43. The van der Waals surface area contributed by atoms with E-state index in [0.29, 0.717) is 0 Å². The van der Waals surface area contributed by atoms with Crippen molar-refractivity contribution >= 4 is 60.8 Å². The second-order valence-electron chi connectivity index (χ2n) is 4.87. The van der Waals surface area contributed by atoms with Gasteiger partial charge in [0, 0.05) is 4.47 Å². The third-order valence-electron chi connectivity index (χ3n) is 3.24. The summed E-state index contributed by atoms with van der Waals surface area (Å²) in [6, 6.07) is 8.79. The molecule has 0 saturated heterocycles. The molecule has 1 unspecified atom stereocenters. The number of sulfonamides is 1. The molecule has 0 bridgehead atoms. The minimum absolute atomic E-state index is 0.0662. The lowest BCUT2D eigenvalue weighted by Gasteiger charge is -2.28. The van der Waals surface area contributed by atoms with Gasteiger partial charge < -0.3 is 5.11 Å². The molecule has 0 radical (unpaired) electrons. The maximum Gasteiger partial charge on any atom is 0.327 e. The van der Waals surface area contributed by atoms with Gasteiger partial charge >= 0.3 is 5.97 Å². The number of benzene rings is 2. The first-order chi connectivity index (χ1) is 11.1. The second-order valence-corrected chi connectivity index (χ2v) is 8.41. The van der Waals surface area contributed by atoms with Crippen LogP contribution in [-0.4, -0.2) is 25.5 Å². The highest BCUT2D eigenvalue weighted by atomic mass is 79.9. The van der Waals surface area contributed by atoms with E-state index in [1.165, 1.54) is 37.3 Å². The van der Waals surface area contributed by atoms with E-state index in [4.69, 9.17) is 23.2 Å². The molecule has 24 heavy (non-hydrogen) atoms. The largest absolute Gasteiger partial charge is 0.480 e. The molecule has 0 aliphatic rings. The molecule has 0 aliphatic heterocycles. The fourth-order valence-corrected chi connectivity index (χ4v) is 4.28. The third-order valence-corrected chi connectivity index (χ3v) is 6.40. The van der Waals surface area contributed by atoms with Crippen molar-refractivity contribution in [3.05, 3.63) is 57.0 Å². The van der Waals surface area contributed by atoms with Crippen molar-refractivity contribution in [2.45, 2.75) is 17.9 Å². The van der Waals surface area contributed by atoms with Gasteiger partial charge in [0.1, 0.15) is 6.04 Å². The molecule has 0 saturated carbocycles. The molecule has 1 atom stereocenters. The zero-order chi connectivity index (χ0) is 18.1. The molecule has 0 fully saturated rings. The summed E-state index contributed by atoms with van der Waals surface area (Å²) in [5, 5.41) is 9.59. The molecule has 0 spiro atoms. The zero-order valence-corrected chi connectivity index (χ0v) is 16.2. The van der Waals surface area contributed by atoms with Crippen LogP contribution in [0.2, 0.25) is 10.0 Å². The van der Waals surface area contributed by atoms with Gasteiger partial charge in [-0.1, -0.05) is 39.1 Å². The van der Waals surface area contributed by atoms with Gasteiger partial charge in [-0.05, 0) is 49.4 Å². The molecule has 128 valence electrons. The second kappa shape index (κ2) is 7.31. The standard InChI is InChI=1S/C15H12BrCl2NO4S/c1-9(15(20)21)19(11-4-2-10(16)3-5-11)24(22,23)12-6-7-13(17)14(18)8-12/h2-9H,1H3,(H,20,21). The number of carbonyl (C=O) groups is 1. The molecule has 5 nitrogen and oxygen atoms in total. The Hall–Kier alpha value is -1.28. The molecular weight excluding hydrogens is 441 g/mol. The SMILES string of the molecule is CC(C(=O)O)N(c1ccc(Br)cc1)S(=O)(=O)c1ccc(Cl)c(Cl)c1. The number of hydrogen-bond donors (Lipinski definition) is 1. The molecule has 2 rings (SSSR count). The van der Waals surface area contributed by atoms with E-state index in [2.05, 4.69) is 15.9 Å². The van der Waals surface area contributed by atoms with Crippen molar-refractivity contribution in [3.63, 3.8) is 0 Å². The van der Waals surface area contributed by atoms with Crippen LogP contribution in [0.5, 0.6) is 0 Å². The van der Waals surface area contributed by atoms with Gasteiger partial charge in [0.2, 0.25) is 0 Å². The summed E-state index contributed by atoms with van der Waals surface area (Å²) in [6.07, 6.45) is 0. The number of carboxylic acid groups (broad SMARTS) is 1. The molecule has 0 heterocycles. The first-order valence-corrected chi connectivity index (χ1v) is 9.61. The summed E-state index contributed by atoms with van der Waals surface area (Å²) in [5.41, 5.74) is 0.221. The quantitative estimate of drug-likeness (QED) is 0.728. The number of halogens is 3. The maximum absolute atomic E-state index is 13.0. The van der Waals surface area contributed by atoms with Crippen LogP contribution >= 0.6 is 39.1 Å². The fraction of sp³-hybridized carbons (Fsp3) is 0.133. The Labute approximate surface area is 158 Å². The number of rotatable bonds is 5. The highest BCUT2D eigenvalue weighted by Crippen LogP contribution is 2.31. The van der Waals surface area contributed by atoms with Crippen molar-refractivity contribution in [2.75, 3.05) is 4.31 Å². The lowest BCUT2D eigenvalue weighted by atomic mass is 10.2. The van der Waals surface area contributed by atoms with Gasteiger partial charge in [0.05, 0.1) is 20.6 Å². The monoisotopic (exact) mass is 451 g/mol. The van der Waals surface area contributed by atoms with Crippen molar-refractivity contribution < 1.29 is 18.3 Å². The van der Waals surface area contributed by atoms with Crippen LogP contribution in [0, 0.1) is 0 Å². The van der Waals surface area contributed by atoms with E-state index < -0.39 is 22.0 Å². The van der Waals surface area contributed by atoms with Crippen LogP contribution in [0.3, 0.4) is 0 Å². The van der Waals surface area contributed by atoms with Crippen LogP contribution in [-0.2, 0) is 14.8 Å². The van der Waals surface area contributed by atoms with Crippen LogP contribution in [0.25, 0.3) is 0 Å². The Balaban J connectivity index is 2.62. The summed E-state index contributed by atoms with van der Waals surface area (Å²) >= 11 is 15.0.